The van der Waals surface area contributed by atoms with Crippen molar-refractivity contribution in [3.63, 3.8) is 0 Å². The molecule has 1 aliphatic rings. The van der Waals surface area contributed by atoms with Crippen molar-refractivity contribution in [1.82, 2.24) is 19.9 Å². The maximum absolute atomic E-state index is 13.2. The van der Waals surface area contributed by atoms with Gasteiger partial charge in [0.05, 0.1) is 23.4 Å². The largest absolute Gasteiger partial charge is 0.468 e. The molecule has 2 amide bonds. The second-order valence-electron chi connectivity index (χ2n) is 10.0. The van der Waals surface area contributed by atoms with Gasteiger partial charge in [-0.3, -0.25) is 4.90 Å². The first-order valence-electron chi connectivity index (χ1n) is 13.3. The lowest BCUT2D eigenvalue weighted by molar-refractivity contribution is -0.137. The highest BCUT2D eigenvalue weighted by atomic mass is 35.5. The summed E-state index contributed by atoms with van der Waals surface area (Å²) in [7, 11) is 0. The minimum Gasteiger partial charge on any atom is -0.468 e. The van der Waals surface area contributed by atoms with Crippen LogP contribution in [0.4, 0.5) is 35.3 Å². The fourth-order valence-corrected chi connectivity index (χ4v) is 4.92. The van der Waals surface area contributed by atoms with Crippen molar-refractivity contribution in [3.05, 3.63) is 93.9 Å². The molecule has 220 valence electrons. The van der Waals surface area contributed by atoms with Gasteiger partial charge in [-0.2, -0.15) is 23.1 Å². The molecule has 3 heterocycles. The Morgan fingerprint density at radius 3 is 2.38 bits per heavy atom. The summed E-state index contributed by atoms with van der Waals surface area (Å²) >= 11 is 5.67. The Hall–Kier alpha value is -4.16. The number of nitrogens with zero attached hydrogens (tertiary/aromatic N) is 5. The number of amides is 2. The number of hydrogen-bond donors (Lipinski definition) is 2. The minimum absolute atomic E-state index is 0.0356. The van der Waals surface area contributed by atoms with Gasteiger partial charge in [-0.05, 0) is 67.4 Å². The molecule has 0 unspecified atom stereocenters. The number of carbonyl (C=O) groups excluding carboxylic acids is 1. The summed E-state index contributed by atoms with van der Waals surface area (Å²) in [4.78, 5) is 30.9. The molecule has 1 aliphatic heterocycles. The van der Waals surface area contributed by atoms with E-state index in [4.69, 9.17) is 21.0 Å². The molecule has 1 saturated heterocycles. The summed E-state index contributed by atoms with van der Waals surface area (Å²) in [6.07, 6.45) is -2.55. The van der Waals surface area contributed by atoms with E-state index in [9.17, 15) is 18.0 Å². The number of carbonyl (C=O) groups is 1. The number of aryl methyl sites for hydroxylation is 2. The van der Waals surface area contributed by atoms with Gasteiger partial charge in [-0.25, -0.2) is 9.78 Å². The third-order valence-corrected chi connectivity index (χ3v) is 7.21. The van der Waals surface area contributed by atoms with Gasteiger partial charge in [0.2, 0.25) is 5.95 Å². The standard InChI is InChI=1S/C29H29ClF3N7O2/c1-18-5-6-21(36-28(41)37-22-7-8-25(30)24(16-22)29(31,32)33)14-20(18)15-26-34-19(2)35-27(38-26)40-11-9-39(10-12-40)17-23-4-3-13-42-23/h3-8,13-14,16H,9-12,15,17H2,1-2H3,(H2,36,37,41). The fraction of sp³-hybridized carbons (Fsp3) is 0.310. The van der Waals surface area contributed by atoms with Crippen LogP contribution >= 0.6 is 11.6 Å². The second-order valence-corrected chi connectivity index (χ2v) is 10.4. The number of aromatic nitrogens is 3. The fourth-order valence-electron chi connectivity index (χ4n) is 4.70. The van der Waals surface area contributed by atoms with Crippen LogP contribution in [0, 0.1) is 13.8 Å². The Morgan fingerprint density at radius 1 is 0.976 bits per heavy atom. The SMILES string of the molecule is Cc1nc(Cc2cc(NC(=O)Nc3ccc(Cl)c(C(F)(F)F)c3)ccc2C)nc(N2CCN(Cc3ccco3)CC2)n1. The number of hydrogen-bond acceptors (Lipinski definition) is 7. The van der Waals surface area contributed by atoms with E-state index in [0.29, 0.717) is 29.7 Å². The van der Waals surface area contributed by atoms with E-state index in [1.807, 2.05) is 32.0 Å². The van der Waals surface area contributed by atoms with E-state index < -0.39 is 22.8 Å². The Morgan fingerprint density at radius 2 is 1.69 bits per heavy atom. The van der Waals surface area contributed by atoms with Crippen LogP contribution in [0.1, 0.15) is 34.1 Å². The van der Waals surface area contributed by atoms with Crippen LogP contribution in [-0.2, 0) is 19.1 Å². The molecule has 0 aliphatic carbocycles. The number of halogens is 4. The highest BCUT2D eigenvalue weighted by molar-refractivity contribution is 6.31. The molecule has 0 bridgehead atoms. The number of urea groups is 1. The predicted octanol–water partition coefficient (Wildman–Crippen LogP) is 6.31. The Bertz CT molecular complexity index is 1560. The maximum Gasteiger partial charge on any atom is 0.417 e. The zero-order chi connectivity index (χ0) is 29.9. The first kappa shape index (κ1) is 29.3. The van der Waals surface area contributed by atoms with Crippen LogP contribution < -0.4 is 15.5 Å². The number of nitrogens with one attached hydrogen (secondary N) is 2. The number of furan rings is 1. The van der Waals surface area contributed by atoms with E-state index in [1.54, 1.807) is 18.4 Å². The van der Waals surface area contributed by atoms with E-state index >= 15 is 0 Å². The molecule has 2 aromatic carbocycles. The molecule has 0 saturated carbocycles. The number of anilines is 3. The molecular weight excluding hydrogens is 571 g/mol. The molecule has 5 rings (SSSR count). The van der Waals surface area contributed by atoms with Crippen molar-refractivity contribution < 1.29 is 22.4 Å². The first-order valence-corrected chi connectivity index (χ1v) is 13.7. The van der Waals surface area contributed by atoms with Crippen molar-refractivity contribution >= 4 is 35.0 Å². The van der Waals surface area contributed by atoms with Gasteiger partial charge in [0.15, 0.2) is 0 Å². The van der Waals surface area contributed by atoms with Crippen LogP contribution in [0.3, 0.4) is 0 Å². The van der Waals surface area contributed by atoms with E-state index in [-0.39, 0.29) is 5.69 Å². The minimum atomic E-state index is -4.64. The summed E-state index contributed by atoms with van der Waals surface area (Å²) in [6.45, 7) is 7.78. The highest BCUT2D eigenvalue weighted by Gasteiger charge is 2.33. The van der Waals surface area contributed by atoms with Crippen LogP contribution in [0.25, 0.3) is 0 Å². The van der Waals surface area contributed by atoms with Crippen molar-refractivity contribution in [2.75, 3.05) is 41.7 Å². The molecule has 9 nitrogen and oxygen atoms in total. The van der Waals surface area contributed by atoms with Gasteiger partial charge in [0.1, 0.15) is 17.4 Å². The van der Waals surface area contributed by atoms with Crippen molar-refractivity contribution in [2.24, 2.45) is 0 Å². The average Bonchev–Trinajstić information content (AvgIpc) is 3.44. The monoisotopic (exact) mass is 599 g/mol. The van der Waals surface area contributed by atoms with E-state index in [2.05, 4.69) is 30.4 Å². The topological polar surface area (TPSA) is 99.4 Å². The third kappa shape index (κ3) is 7.37. The van der Waals surface area contributed by atoms with Gasteiger partial charge in [0.25, 0.3) is 0 Å². The Kier molecular flexibility index (Phi) is 8.64. The summed E-state index contributed by atoms with van der Waals surface area (Å²) in [6, 6.07) is 11.7. The van der Waals surface area contributed by atoms with Crippen molar-refractivity contribution in [2.45, 2.75) is 33.0 Å². The van der Waals surface area contributed by atoms with Crippen LogP contribution in [0.15, 0.2) is 59.2 Å². The Balaban J connectivity index is 1.23. The zero-order valence-corrected chi connectivity index (χ0v) is 23.8. The normalized spacial score (nSPS) is 14.2. The number of rotatable bonds is 7. The lowest BCUT2D eigenvalue weighted by Crippen LogP contribution is -2.46. The predicted molar refractivity (Wildman–Crippen MR) is 154 cm³/mol. The van der Waals surface area contributed by atoms with Gasteiger partial charge in [-0.1, -0.05) is 17.7 Å². The highest BCUT2D eigenvalue weighted by Crippen LogP contribution is 2.36. The molecule has 4 aromatic rings. The molecule has 0 atom stereocenters. The lowest BCUT2D eigenvalue weighted by Gasteiger charge is -2.34. The smallest absolute Gasteiger partial charge is 0.417 e. The molecular formula is C29H29ClF3N7O2. The molecule has 1 fully saturated rings. The molecule has 2 N–H and O–H groups in total. The number of benzene rings is 2. The Labute approximate surface area is 245 Å². The summed E-state index contributed by atoms with van der Waals surface area (Å²) in [5.74, 6) is 2.77. The zero-order valence-electron chi connectivity index (χ0n) is 23.0. The number of alkyl halides is 3. The van der Waals surface area contributed by atoms with E-state index in [1.165, 1.54) is 6.07 Å². The van der Waals surface area contributed by atoms with Crippen LogP contribution in [0.2, 0.25) is 5.02 Å². The van der Waals surface area contributed by atoms with Crippen LogP contribution in [-0.4, -0.2) is 52.1 Å². The molecule has 13 heteroatoms. The summed E-state index contributed by atoms with van der Waals surface area (Å²) in [5, 5.41) is 4.65. The second kappa shape index (κ2) is 12.4. The van der Waals surface area contributed by atoms with E-state index in [0.717, 1.165) is 61.7 Å². The average molecular weight is 600 g/mol. The summed E-state index contributed by atoms with van der Waals surface area (Å²) in [5.41, 5.74) is 1.27. The quantitative estimate of drug-likeness (QED) is 0.257. The molecule has 2 aromatic heterocycles. The van der Waals surface area contributed by atoms with Crippen molar-refractivity contribution in [3.8, 4) is 0 Å². The molecule has 0 radical (unpaired) electrons. The number of piperazine rings is 1. The third-order valence-electron chi connectivity index (χ3n) is 6.88. The van der Waals surface area contributed by atoms with Gasteiger partial charge < -0.3 is 20.0 Å². The van der Waals surface area contributed by atoms with Gasteiger partial charge >= 0.3 is 12.2 Å². The maximum atomic E-state index is 13.2. The van der Waals surface area contributed by atoms with Crippen LogP contribution in [0.5, 0.6) is 0 Å². The van der Waals surface area contributed by atoms with Gasteiger partial charge in [0, 0.05) is 44.0 Å². The molecule has 42 heavy (non-hydrogen) atoms. The van der Waals surface area contributed by atoms with Crippen molar-refractivity contribution in [1.29, 1.82) is 0 Å². The molecule has 0 spiro atoms. The first-order chi connectivity index (χ1) is 20.0. The summed E-state index contributed by atoms with van der Waals surface area (Å²) < 4.78 is 45.0. The van der Waals surface area contributed by atoms with Gasteiger partial charge in [-0.15, -0.1) is 0 Å². The lowest BCUT2D eigenvalue weighted by atomic mass is 10.0.